The molecule has 0 aromatic rings. The van der Waals surface area contributed by atoms with Crippen molar-refractivity contribution in [3.05, 3.63) is 0 Å². The zero-order chi connectivity index (χ0) is 51.1. The van der Waals surface area contributed by atoms with Crippen LogP contribution in [0.25, 0.3) is 0 Å². The first kappa shape index (κ1) is 59.0. The molecule has 10 atom stereocenters. The van der Waals surface area contributed by atoms with Gasteiger partial charge in [-0.15, -0.1) is 0 Å². The molecule has 0 aliphatic carbocycles. The van der Waals surface area contributed by atoms with Crippen molar-refractivity contribution in [1.82, 2.24) is 42.1 Å². The van der Waals surface area contributed by atoms with Crippen LogP contribution in [-0.2, 0) is 52.7 Å². The van der Waals surface area contributed by atoms with E-state index in [2.05, 4.69) is 37.2 Å². The number of amides is 10. The largest absolute Gasteiger partial charge is 0.480 e. The highest BCUT2D eigenvalue weighted by molar-refractivity contribution is 5.98. The molecular weight excluding hydrogens is 885 g/mol. The van der Waals surface area contributed by atoms with Crippen molar-refractivity contribution < 1.29 is 68.1 Å². The number of unbranched alkanes of at least 4 members (excludes halogenated alkanes) is 1. The van der Waals surface area contributed by atoms with Gasteiger partial charge < -0.3 is 80.4 Å². The number of hydrogen-bond donors (Lipinski definition) is 14. The van der Waals surface area contributed by atoms with Gasteiger partial charge in [-0.05, 0) is 70.3 Å². The minimum Gasteiger partial charge on any atom is -0.480 e. The number of likely N-dealkylation sites (tertiary alicyclic amines) is 1. The van der Waals surface area contributed by atoms with Crippen LogP contribution in [0.4, 0.5) is 0 Å². The van der Waals surface area contributed by atoms with Gasteiger partial charge in [0.25, 0.3) is 0 Å². The van der Waals surface area contributed by atoms with E-state index in [0.29, 0.717) is 32.2 Å². The molecule has 0 unspecified atom stereocenters. The maximum Gasteiger partial charge on any atom is 0.326 e. The van der Waals surface area contributed by atoms with Gasteiger partial charge in [-0.2, -0.15) is 0 Å². The van der Waals surface area contributed by atoms with E-state index in [1.54, 1.807) is 27.7 Å². The molecule has 0 aromatic heterocycles. The third-order valence-corrected chi connectivity index (χ3v) is 10.9. The average molecular weight is 957 g/mol. The minimum atomic E-state index is -1.65. The second-order valence-electron chi connectivity index (χ2n) is 17.0. The van der Waals surface area contributed by atoms with Gasteiger partial charge in [0.1, 0.15) is 42.3 Å². The number of aliphatic hydroxyl groups is 2. The number of carbonyl (C=O) groups excluding carboxylic acids is 10. The number of hydrogen-bond acceptors (Lipinski definition) is 15. The SMILES string of the molecule is CC[C@H](C)[C@H](NC(=O)CNC(=O)[C@@H]1CCCN1C(=O)[C@H](CO)NC(=O)[C@@H](N)CC(N)=O)C(=O)N[C@@H](CCC(N)=O)C(=O)N[C@@H](CC(C)C)C(=O)N[C@H](C(=O)N[C@@H](CCCCN)C(=O)O)[C@@H](C)O. The standard InChI is InChI=1S/C41H72N12O14/c1-6-21(4)32(51-31(58)18-46-37(62)28-11-9-15-53(28)40(65)27(19-54)50-34(59)23(43)17-30(45)57)38(63)47-24(12-13-29(44)56)35(60)49-26(16-20(2)3)36(61)52-33(22(5)55)39(64)48-25(41(66)67)10-7-8-14-42/h20-28,32-33,54-55H,6-19,42-43H2,1-5H3,(H2,44,56)(H2,45,57)(H,46,62)(H,47,63)(H,48,64)(H,49,60)(H,50,59)(H,51,58)(H,52,61)(H,66,67)/t21-,22+,23-,24-,25-,26-,27-,28-,32-,33-/m0/s1. The predicted molar refractivity (Wildman–Crippen MR) is 238 cm³/mol. The van der Waals surface area contributed by atoms with Crippen molar-refractivity contribution in [3.8, 4) is 0 Å². The van der Waals surface area contributed by atoms with E-state index < -0.39 is 151 Å². The Morgan fingerprint density at radius 3 is 1.84 bits per heavy atom. The molecule has 1 aliphatic rings. The summed E-state index contributed by atoms with van der Waals surface area (Å²) >= 11 is 0. The Morgan fingerprint density at radius 1 is 0.716 bits per heavy atom. The van der Waals surface area contributed by atoms with E-state index in [-0.39, 0.29) is 38.1 Å². The van der Waals surface area contributed by atoms with Gasteiger partial charge in [-0.25, -0.2) is 4.79 Å². The number of carbonyl (C=O) groups is 11. The summed E-state index contributed by atoms with van der Waals surface area (Å²) < 4.78 is 0. The molecule has 1 rings (SSSR count). The fraction of sp³-hybridized carbons (Fsp3) is 0.732. The molecule has 1 aliphatic heterocycles. The van der Waals surface area contributed by atoms with Crippen molar-refractivity contribution in [3.63, 3.8) is 0 Å². The zero-order valence-electron chi connectivity index (χ0n) is 38.8. The van der Waals surface area contributed by atoms with Crippen molar-refractivity contribution >= 4 is 65.0 Å². The van der Waals surface area contributed by atoms with E-state index in [9.17, 15) is 68.1 Å². The Kier molecular flexibility index (Phi) is 26.1. The molecule has 0 radical (unpaired) electrons. The summed E-state index contributed by atoms with van der Waals surface area (Å²) in [6.45, 7) is 6.82. The van der Waals surface area contributed by atoms with E-state index >= 15 is 0 Å². The molecule has 1 fully saturated rings. The molecule has 67 heavy (non-hydrogen) atoms. The zero-order valence-corrected chi connectivity index (χ0v) is 38.8. The Bertz CT molecular complexity index is 1750. The van der Waals surface area contributed by atoms with Gasteiger partial charge in [0, 0.05) is 13.0 Å². The Labute approximate surface area is 388 Å². The number of nitrogens with one attached hydrogen (secondary N) is 7. The normalized spacial score (nSPS) is 17.5. The van der Waals surface area contributed by atoms with Gasteiger partial charge in [-0.3, -0.25) is 47.9 Å². The molecule has 1 saturated heterocycles. The second kappa shape index (κ2) is 29.6. The highest BCUT2D eigenvalue weighted by atomic mass is 16.4. The van der Waals surface area contributed by atoms with Gasteiger partial charge in [0.2, 0.25) is 59.1 Å². The first-order valence-corrected chi connectivity index (χ1v) is 22.3. The molecule has 380 valence electrons. The number of aliphatic carboxylic acids is 1. The lowest BCUT2D eigenvalue weighted by molar-refractivity contribution is -0.143. The smallest absolute Gasteiger partial charge is 0.326 e. The van der Waals surface area contributed by atoms with Crippen molar-refractivity contribution in [2.24, 2.45) is 34.8 Å². The van der Waals surface area contributed by atoms with Gasteiger partial charge >= 0.3 is 5.97 Å². The molecule has 26 nitrogen and oxygen atoms in total. The lowest BCUT2D eigenvalue weighted by atomic mass is 9.97. The monoisotopic (exact) mass is 957 g/mol. The molecular formula is C41H72N12O14. The van der Waals surface area contributed by atoms with Crippen LogP contribution in [0.15, 0.2) is 0 Å². The molecule has 1 heterocycles. The highest BCUT2D eigenvalue weighted by Gasteiger charge is 2.39. The number of rotatable bonds is 31. The summed E-state index contributed by atoms with van der Waals surface area (Å²) in [5, 5.41) is 46.8. The average Bonchev–Trinajstić information content (AvgIpc) is 3.75. The number of aliphatic hydroxyl groups excluding tert-OH is 2. The fourth-order valence-corrected chi connectivity index (χ4v) is 6.95. The second-order valence-corrected chi connectivity index (χ2v) is 17.0. The van der Waals surface area contributed by atoms with Crippen LogP contribution in [0, 0.1) is 11.8 Å². The third kappa shape index (κ3) is 20.6. The van der Waals surface area contributed by atoms with Gasteiger partial charge in [0.15, 0.2) is 0 Å². The summed E-state index contributed by atoms with van der Waals surface area (Å²) in [5.41, 5.74) is 21.5. The van der Waals surface area contributed by atoms with Crippen LogP contribution < -0.4 is 60.2 Å². The Hall–Kier alpha value is -5.99. The number of carboxylic acid groups (broad SMARTS) is 1. The van der Waals surface area contributed by atoms with Crippen molar-refractivity contribution in [1.29, 1.82) is 0 Å². The summed E-state index contributed by atoms with van der Waals surface area (Å²) in [7, 11) is 0. The Morgan fingerprint density at radius 2 is 1.30 bits per heavy atom. The number of nitrogens with zero attached hydrogens (tertiary/aromatic N) is 1. The van der Waals surface area contributed by atoms with E-state index in [1.807, 2.05) is 0 Å². The molecule has 10 amide bonds. The van der Waals surface area contributed by atoms with E-state index in [0.717, 1.165) is 4.90 Å². The predicted octanol–water partition coefficient (Wildman–Crippen LogP) is -5.85. The van der Waals surface area contributed by atoms with Crippen molar-refractivity contribution in [2.45, 2.75) is 153 Å². The molecule has 0 saturated carbocycles. The van der Waals surface area contributed by atoms with Crippen LogP contribution >= 0.6 is 0 Å². The van der Waals surface area contributed by atoms with Gasteiger partial charge in [0.05, 0.1) is 31.7 Å². The fourth-order valence-electron chi connectivity index (χ4n) is 6.95. The van der Waals surface area contributed by atoms with Crippen molar-refractivity contribution in [2.75, 3.05) is 26.2 Å². The maximum absolute atomic E-state index is 13.9. The summed E-state index contributed by atoms with van der Waals surface area (Å²) in [6, 6.07) is -11.2. The summed E-state index contributed by atoms with van der Waals surface area (Å²) in [4.78, 5) is 143. The number of carboxylic acids is 1. The molecule has 0 aromatic carbocycles. The van der Waals surface area contributed by atoms with Crippen LogP contribution in [0.1, 0.15) is 98.8 Å². The first-order chi connectivity index (χ1) is 31.4. The first-order valence-electron chi connectivity index (χ1n) is 22.3. The Balaban J connectivity index is 3.18. The number of nitrogens with two attached hydrogens (primary N) is 4. The lowest BCUT2D eigenvalue weighted by Gasteiger charge is -2.29. The van der Waals surface area contributed by atoms with Crippen LogP contribution in [0.2, 0.25) is 0 Å². The van der Waals surface area contributed by atoms with Crippen LogP contribution in [0.5, 0.6) is 0 Å². The maximum atomic E-state index is 13.9. The molecule has 26 heteroatoms. The van der Waals surface area contributed by atoms with Gasteiger partial charge in [-0.1, -0.05) is 34.1 Å². The third-order valence-electron chi connectivity index (χ3n) is 10.9. The summed E-state index contributed by atoms with van der Waals surface area (Å²) in [5.74, 6) is -11.0. The summed E-state index contributed by atoms with van der Waals surface area (Å²) in [6.07, 6.45) is -1.06. The molecule has 0 bridgehead atoms. The van der Waals surface area contributed by atoms with E-state index in [1.165, 1.54) is 6.92 Å². The van der Waals surface area contributed by atoms with E-state index in [4.69, 9.17) is 22.9 Å². The topological polar surface area (TPSA) is 440 Å². The molecule has 18 N–H and O–H groups in total. The van der Waals surface area contributed by atoms with Crippen LogP contribution in [0.3, 0.4) is 0 Å². The minimum absolute atomic E-state index is 0.0191. The molecule has 0 spiro atoms. The quantitative estimate of drug-likeness (QED) is 0.0288. The van der Waals surface area contributed by atoms with Crippen LogP contribution in [-0.4, -0.2) is 166 Å². The highest BCUT2D eigenvalue weighted by Crippen LogP contribution is 2.19. The number of primary amides is 2. The lowest BCUT2D eigenvalue weighted by Crippen LogP contribution is -2.61.